The molecule has 7 heteroatoms. The zero-order valence-corrected chi connectivity index (χ0v) is 12.8. The maximum absolute atomic E-state index is 12.0. The van der Waals surface area contributed by atoms with Gasteiger partial charge in [-0.2, -0.15) is 0 Å². The van der Waals surface area contributed by atoms with Gasteiger partial charge in [-0.25, -0.2) is 9.97 Å². The lowest BCUT2D eigenvalue weighted by molar-refractivity contribution is -0.121. The van der Waals surface area contributed by atoms with E-state index in [2.05, 4.69) is 15.3 Å². The van der Waals surface area contributed by atoms with E-state index in [1.54, 1.807) is 22.7 Å². The van der Waals surface area contributed by atoms with Crippen molar-refractivity contribution >= 4 is 33.5 Å². The molecular weight excluding hydrogens is 292 g/mol. The van der Waals surface area contributed by atoms with Crippen LogP contribution in [-0.2, 0) is 11.2 Å². The molecule has 0 saturated carbocycles. The van der Waals surface area contributed by atoms with Crippen molar-refractivity contribution in [1.29, 1.82) is 0 Å². The zero-order valence-electron chi connectivity index (χ0n) is 11.2. The number of rotatable bonds is 4. The average molecular weight is 306 g/mol. The number of aromatic nitrogens is 3. The summed E-state index contributed by atoms with van der Waals surface area (Å²) in [5.41, 5.74) is 1.70. The van der Waals surface area contributed by atoms with Crippen molar-refractivity contribution in [3.8, 4) is 0 Å². The Morgan fingerprint density at radius 3 is 3.00 bits per heavy atom. The van der Waals surface area contributed by atoms with Crippen LogP contribution in [0.2, 0.25) is 0 Å². The van der Waals surface area contributed by atoms with Gasteiger partial charge in [-0.05, 0) is 13.8 Å². The van der Waals surface area contributed by atoms with Crippen molar-refractivity contribution in [3.63, 3.8) is 0 Å². The Labute approximate surface area is 124 Å². The fraction of sp³-hybridized carbons (Fsp3) is 0.308. The molecule has 0 aromatic carbocycles. The Morgan fingerprint density at radius 2 is 2.30 bits per heavy atom. The lowest BCUT2D eigenvalue weighted by Gasteiger charge is -2.10. The number of thiazole rings is 2. The molecule has 104 valence electrons. The highest BCUT2D eigenvalue weighted by molar-refractivity contribution is 7.15. The Balaban J connectivity index is 1.64. The van der Waals surface area contributed by atoms with E-state index in [9.17, 15) is 4.79 Å². The van der Waals surface area contributed by atoms with Gasteiger partial charge >= 0.3 is 0 Å². The summed E-state index contributed by atoms with van der Waals surface area (Å²) in [5.74, 6) is -0.0286. The lowest BCUT2D eigenvalue weighted by atomic mass is 10.2. The number of hydrogen-bond acceptors (Lipinski definition) is 5. The molecule has 5 nitrogen and oxygen atoms in total. The predicted octanol–water partition coefficient (Wildman–Crippen LogP) is 2.58. The monoisotopic (exact) mass is 306 g/mol. The van der Waals surface area contributed by atoms with Crippen LogP contribution in [0.1, 0.15) is 29.4 Å². The van der Waals surface area contributed by atoms with Crippen LogP contribution in [0.4, 0.5) is 0 Å². The van der Waals surface area contributed by atoms with Crippen LogP contribution in [0.25, 0.3) is 4.96 Å². The van der Waals surface area contributed by atoms with Crippen molar-refractivity contribution in [3.05, 3.63) is 39.5 Å². The van der Waals surface area contributed by atoms with Crippen molar-refractivity contribution in [2.24, 2.45) is 0 Å². The molecule has 0 aliphatic heterocycles. The number of aryl methyl sites for hydroxylation is 1. The largest absolute Gasteiger partial charge is 0.348 e. The summed E-state index contributed by atoms with van der Waals surface area (Å²) in [7, 11) is 0. The first-order valence-electron chi connectivity index (χ1n) is 6.24. The van der Waals surface area contributed by atoms with E-state index < -0.39 is 0 Å². The van der Waals surface area contributed by atoms with Crippen LogP contribution in [0.15, 0.2) is 23.2 Å². The quantitative estimate of drug-likeness (QED) is 0.806. The minimum absolute atomic E-state index is 0.0286. The van der Waals surface area contributed by atoms with E-state index in [4.69, 9.17) is 0 Å². The highest BCUT2D eigenvalue weighted by atomic mass is 32.1. The van der Waals surface area contributed by atoms with Gasteiger partial charge < -0.3 is 5.32 Å². The summed E-state index contributed by atoms with van der Waals surface area (Å²) in [5, 5.41) is 7.85. The SMILES string of the molecule is Cc1nc(CC(=O)N[C@@H](C)c2cn3ccsc3n2)cs1. The minimum atomic E-state index is -0.102. The first kappa shape index (κ1) is 13.3. The molecule has 1 amide bonds. The Bertz CT molecular complexity index is 714. The van der Waals surface area contributed by atoms with Crippen LogP contribution in [-0.4, -0.2) is 20.3 Å². The van der Waals surface area contributed by atoms with Gasteiger partial charge in [0.05, 0.1) is 28.9 Å². The highest BCUT2D eigenvalue weighted by Gasteiger charge is 2.14. The summed E-state index contributed by atoms with van der Waals surface area (Å²) in [6.07, 6.45) is 4.23. The Hall–Kier alpha value is -1.73. The van der Waals surface area contributed by atoms with Gasteiger partial charge in [-0.3, -0.25) is 9.20 Å². The topological polar surface area (TPSA) is 59.3 Å². The molecular formula is C13H14N4OS2. The molecule has 0 radical (unpaired) electrons. The summed E-state index contributed by atoms with van der Waals surface area (Å²) in [6, 6.07) is -0.102. The van der Waals surface area contributed by atoms with Gasteiger partial charge in [-0.15, -0.1) is 22.7 Å². The molecule has 0 spiro atoms. The third kappa shape index (κ3) is 2.73. The van der Waals surface area contributed by atoms with Crippen LogP contribution in [0.5, 0.6) is 0 Å². The van der Waals surface area contributed by atoms with Gasteiger partial charge in [0.15, 0.2) is 4.96 Å². The van der Waals surface area contributed by atoms with Crippen molar-refractivity contribution < 1.29 is 4.79 Å². The molecule has 3 aromatic heterocycles. The molecule has 0 aliphatic carbocycles. The molecule has 0 aliphatic rings. The molecule has 0 saturated heterocycles. The third-order valence-electron chi connectivity index (χ3n) is 2.94. The van der Waals surface area contributed by atoms with Gasteiger partial charge in [0, 0.05) is 23.2 Å². The van der Waals surface area contributed by atoms with Crippen LogP contribution >= 0.6 is 22.7 Å². The number of fused-ring (bicyclic) bond motifs is 1. The number of amides is 1. The number of imidazole rings is 1. The maximum Gasteiger partial charge on any atom is 0.226 e. The number of nitrogens with zero attached hydrogens (tertiary/aromatic N) is 3. The normalized spacial score (nSPS) is 12.7. The van der Waals surface area contributed by atoms with E-state index in [0.29, 0.717) is 6.42 Å². The van der Waals surface area contributed by atoms with Crippen LogP contribution < -0.4 is 5.32 Å². The molecule has 3 heterocycles. The smallest absolute Gasteiger partial charge is 0.226 e. The van der Waals surface area contributed by atoms with Gasteiger partial charge in [0.25, 0.3) is 0 Å². The van der Waals surface area contributed by atoms with Gasteiger partial charge in [0.2, 0.25) is 5.91 Å². The van der Waals surface area contributed by atoms with Crippen LogP contribution in [0, 0.1) is 6.92 Å². The Morgan fingerprint density at radius 1 is 1.45 bits per heavy atom. The summed E-state index contributed by atoms with van der Waals surface area (Å²) < 4.78 is 1.96. The second-order valence-electron chi connectivity index (χ2n) is 4.58. The summed E-state index contributed by atoms with van der Waals surface area (Å²) >= 11 is 3.14. The van der Waals surface area contributed by atoms with E-state index in [1.165, 1.54) is 0 Å². The van der Waals surface area contributed by atoms with E-state index in [-0.39, 0.29) is 11.9 Å². The van der Waals surface area contributed by atoms with Gasteiger partial charge in [0.1, 0.15) is 0 Å². The van der Waals surface area contributed by atoms with Crippen molar-refractivity contribution in [1.82, 2.24) is 19.7 Å². The zero-order chi connectivity index (χ0) is 14.1. The molecule has 3 aromatic rings. The van der Waals surface area contributed by atoms with Crippen molar-refractivity contribution in [2.75, 3.05) is 0 Å². The molecule has 1 atom stereocenters. The maximum atomic E-state index is 12.0. The Kier molecular flexibility index (Phi) is 3.54. The lowest BCUT2D eigenvalue weighted by Crippen LogP contribution is -2.28. The molecule has 0 bridgehead atoms. The van der Waals surface area contributed by atoms with E-state index in [1.807, 2.05) is 41.4 Å². The first-order valence-corrected chi connectivity index (χ1v) is 8.00. The molecule has 3 rings (SSSR count). The average Bonchev–Trinajstić information content (AvgIpc) is 3.03. The number of nitrogens with one attached hydrogen (secondary N) is 1. The second kappa shape index (κ2) is 5.34. The third-order valence-corrected chi connectivity index (χ3v) is 4.53. The molecule has 20 heavy (non-hydrogen) atoms. The number of hydrogen-bond donors (Lipinski definition) is 1. The van der Waals surface area contributed by atoms with Gasteiger partial charge in [-0.1, -0.05) is 0 Å². The fourth-order valence-corrected chi connectivity index (χ4v) is 3.29. The first-order chi connectivity index (χ1) is 9.61. The predicted molar refractivity (Wildman–Crippen MR) is 80.2 cm³/mol. The molecule has 0 fully saturated rings. The molecule has 0 unspecified atom stereocenters. The van der Waals surface area contributed by atoms with E-state index >= 15 is 0 Å². The fourth-order valence-electron chi connectivity index (χ4n) is 1.97. The van der Waals surface area contributed by atoms with Crippen molar-refractivity contribution in [2.45, 2.75) is 26.3 Å². The summed E-state index contributed by atoms with van der Waals surface area (Å²) in [6.45, 7) is 3.88. The molecule has 1 N–H and O–H groups in total. The second-order valence-corrected chi connectivity index (χ2v) is 6.52. The highest BCUT2D eigenvalue weighted by Crippen LogP contribution is 2.17. The standard InChI is InChI=1S/C13H14N4OS2/c1-8(11-6-17-3-4-19-13(17)16-11)14-12(18)5-10-7-20-9(2)15-10/h3-4,6-8H,5H2,1-2H3,(H,14,18)/t8-/m0/s1. The van der Waals surface area contributed by atoms with E-state index in [0.717, 1.165) is 21.4 Å². The minimum Gasteiger partial charge on any atom is -0.348 e. The number of carbonyl (C=O) groups is 1. The number of carbonyl (C=O) groups excluding carboxylic acids is 1. The van der Waals surface area contributed by atoms with Crippen LogP contribution in [0.3, 0.4) is 0 Å². The summed E-state index contributed by atoms with van der Waals surface area (Å²) in [4.78, 5) is 21.7.